The van der Waals surface area contributed by atoms with Gasteiger partial charge < -0.3 is 18.6 Å². The van der Waals surface area contributed by atoms with Gasteiger partial charge in [0.25, 0.3) is 0 Å². The maximum Gasteiger partial charge on any atom is 0.235 e. The van der Waals surface area contributed by atoms with Gasteiger partial charge in [-0.25, -0.2) is 0 Å². The molecule has 0 saturated heterocycles. The number of hydrogen-bond donors (Lipinski definition) is 0. The molecule has 30 heavy (non-hydrogen) atoms. The molecular formula is C24H19BrO5. The second-order valence-corrected chi connectivity index (χ2v) is 7.41. The van der Waals surface area contributed by atoms with Gasteiger partial charge in [0.15, 0.2) is 17.3 Å². The van der Waals surface area contributed by atoms with Crippen molar-refractivity contribution in [1.82, 2.24) is 0 Å². The van der Waals surface area contributed by atoms with Crippen LogP contribution < -0.4 is 19.6 Å². The van der Waals surface area contributed by atoms with E-state index >= 15 is 0 Å². The Kier molecular flexibility index (Phi) is 5.77. The molecule has 5 nitrogen and oxygen atoms in total. The van der Waals surface area contributed by atoms with Crippen molar-refractivity contribution in [2.45, 2.75) is 6.61 Å². The van der Waals surface area contributed by atoms with Gasteiger partial charge in [0.1, 0.15) is 12.2 Å². The Morgan fingerprint density at radius 3 is 2.37 bits per heavy atom. The number of fused-ring (bicyclic) bond motifs is 1. The van der Waals surface area contributed by atoms with Crippen LogP contribution >= 0.6 is 15.9 Å². The van der Waals surface area contributed by atoms with Gasteiger partial charge in [0, 0.05) is 5.56 Å². The topological polar surface area (TPSA) is 57.9 Å². The van der Waals surface area contributed by atoms with Gasteiger partial charge in [0.05, 0.1) is 24.1 Å². The van der Waals surface area contributed by atoms with Crippen LogP contribution in [0, 0.1) is 0 Å². The quantitative estimate of drug-likeness (QED) is 0.358. The first kappa shape index (κ1) is 20.0. The number of benzene rings is 3. The van der Waals surface area contributed by atoms with E-state index in [0.717, 1.165) is 5.56 Å². The van der Waals surface area contributed by atoms with Crippen molar-refractivity contribution in [2.24, 2.45) is 0 Å². The van der Waals surface area contributed by atoms with Crippen molar-refractivity contribution < 1.29 is 18.6 Å². The molecule has 0 aliphatic carbocycles. The summed E-state index contributed by atoms with van der Waals surface area (Å²) in [4.78, 5) is 13.3. The zero-order valence-electron chi connectivity index (χ0n) is 16.5. The smallest absolute Gasteiger partial charge is 0.235 e. The molecule has 0 aliphatic rings. The van der Waals surface area contributed by atoms with Gasteiger partial charge in [-0.15, -0.1) is 0 Å². The average Bonchev–Trinajstić information content (AvgIpc) is 2.78. The summed E-state index contributed by atoms with van der Waals surface area (Å²) >= 11 is 3.50. The SMILES string of the molecule is COc1cc(-c2oc3ccccc3c(=O)c2OCc2ccccc2)cc(Br)c1OC. The lowest BCUT2D eigenvalue weighted by atomic mass is 10.1. The highest BCUT2D eigenvalue weighted by atomic mass is 79.9. The molecule has 0 N–H and O–H groups in total. The molecule has 6 heteroatoms. The second kappa shape index (κ2) is 8.63. The van der Waals surface area contributed by atoms with E-state index < -0.39 is 0 Å². The van der Waals surface area contributed by atoms with Gasteiger partial charge in [-0.05, 0) is 45.8 Å². The zero-order chi connectivity index (χ0) is 21.1. The minimum Gasteiger partial charge on any atom is -0.493 e. The first-order valence-corrected chi connectivity index (χ1v) is 10.1. The number of ether oxygens (including phenoxy) is 3. The number of para-hydroxylation sites is 1. The number of rotatable bonds is 6. The molecule has 0 bridgehead atoms. The van der Waals surface area contributed by atoms with E-state index in [4.69, 9.17) is 18.6 Å². The molecular weight excluding hydrogens is 448 g/mol. The summed E-state index contributed by atoms with van der Waals surface area (Å²) in [6, 6.07) is 20.3. The average molecular weight is 467 g/mol. The molecule has 0 atom stereocenters. The van der Waals surface area contributed by atoms with Crippen LogP contribution in [0.5, 0.6) is 17.2 Å². The minimum atomic E-state index is -0.228. The largest absolute Gasteiger partial charge is 0.493 e. The highest BCUT2D eigenvalue weighted by Crippen LogP contribution is 2.41. The molecule has 3 aromatic carbocycles. The molecule has 4 aromatic rings. The monoisotopic (exact) mass is 466 g/mol. The first-order valence-electron chi connectivity index (χ1n) is 9.27. The van der Waals surface area contributed by atoms with Crippen LogP contribution in [0.2, 0.25) is 0 Å². The third-order valence-electron chi connectivity index (χ3n) is 4.68. The Balaban J connectivity index is 1.90. The van der Waals surface area contributed by atoms with Crippen molar-refractivity contribution >= 4 is 26.9 Å². The molecule has 152 valence electrons. The number of hydrogen-bond acceptors (Lipinski definition) is 5. The van der Waals surface area contributed by atoms with Crippen LogP contribution in [0.25, 0.3) is 22.3 Å². The molecule has 0 unspecified atom stereocenters. The van der Waals surface area contributed by atoms with Gasteiger partial charge in [-0.3, -0.25) is 4.79 Å². The first-order chi connectivity index (χ1) is 14.6. The predicted molar refractivity (Wildman–Crippen MR) is 119 cm³/mol. The number of halogens is 1. The number of methoxy groups -OCH3 is 2. The summed E-state index contributed by atoms with van der Waals surface area (Å²) in [6.07, 6.45) is 0. The molecule has 0 saturated carbocycles. The standard InChI is InChI=1S/C24H19BrO5/c1-27-20-13-16(12-18(25)23(20)28-2)22-24(29-14-15-8-4-3-5-9-15)21(26)17-10-6-7-11-19(17)30-22/h3-13H,14H2,1-2H3. The van der Waals surface area contributed by atoms with Gasteiger partial charge in [-0.2, -0.15) is 0 Å². The highest BCUT2D eigenvalue weighted by Gasteiger charge is 2.21. The minimum absolute atomic E-state index is 0.150. The highest BCUT2D eigenvalue weighted by molar-refractivity contribution is 9.10. The summed E-state index contributed by atoms with van der Waals surface area (Å²) in [5.41, 5.74) is 1.83. The van der Waals surface area contributed by atoms with Crippen LogP contribution in [0.4, 0.5) is 0 Å². The summed E-state index contributed by atoms with van der Waals surface area (Å²) in [5.74, 6) is 1.54. The molecule has 0 fully saturated rings. The fraction of sp³-hybridized carbons (Fsp3) is 0.125. The molecule has 0 radical (unpaired) electrons. The summed E-state index contributed by atoms with van der Waals surface area (Å²) in [6.45, 7) is 0.241. The maximum atomic E-state index is 13.3. The van der Waals surface area contributed by atoms with E-state index in [1.165, 1.54) is 0 Å². The zero-order valence-corrected chi connectivity index (χ0v) is 18.1. The van der Waals surface area contributed by atoms with Crippen LogP contribution in [0.3, 0.4) is 0 Å². The molecule has 0 spiro atoms. The van der Waals surface area contributed by atoms with E-state index in [1.54, 1.807) is 38.5 Å². The molecule has 0 amide bonds. The lowest BCUT2D eigenvalue weighted by molar-refractivity contribution is 0.298. The molecule has 1 aromatic heterocycles. The lowest BCUT2D eigenvalue weighted by Crippen LogP contribution is -2.10. The van der Waals surface area contributed by atoms with Crippen molar-refractivity contribution in [1.29, 1.82) is 0 Å². The van der Waals surface area contributed by atoms with Crippen molar-refractivity contribution in [3.8, 4) is 28.6 Å². The Morgan fingerprint density at radius 2 is 1.63 bits per heavy atom. The van der Waals surface area contributed by atoms with Gasteiger partial charge in [-0.1, -0.05) is 42.5 Å². The summed E-state index contributed by atoms with van der Waals surface area (Å²) in [7, 11) is 3.12. The van der Waals surface area contributed by atoms with Crippen molar-refractivity contribution in [3.63, 3.8) is 0 Å². The Morgan fingerprint density at radius 1 is 0.900 bits per heavy atom. The Labute approximate surface area is 181 Å². The fourth-order valence-electron chi connectivity index (χ4n) is 3.22. The summed E-state index contributed by atoms with van der Waals surface area (Å²) < 4.78 is 23.6. The van der Waals surface area contributed by atoms with E-state index in [-0.39, 0.29) is 17.8 Å². The Bertz CT molecular complexity index is 1250. The summed E-state index contributed by atoms with van der Waals surface area (Å²) in [5, 5.41) is 0.462. The van der Waals surface area contributed by atoms with Crippen LogP contribution in [-0.4, -0.2) is 14.2 Å². The van der Waals surface area contributed by atoms with E-state index in [9.17, 15) is 4.79 Å². The molecule has 4 rings (SSSR count). The van der Waals surface area contributed by atoms with Gasteiger partial charge in [0.2, 0.25) is 11.2 Å². The third kappa shape index (κ3) is 3.78. The lowest BCUT2D eigenvalue weighted by Gasteiger charge is -2.15. The normalized spacial score (nSPS) is 10.8. The van der Waals surface area contributed by atoms with Crippen LogP contribution in [-0.2, 0) is 6.61 Å². The fourth-order valence-corrected chi connectivity index (χ4v) is 3.83. The maximum absolute atomic E-state index is 13.3. The molecule has 0 aliphatic heterocycles. The third-order valence-corrected chi connectivity index (χ3v) is 5.27. The predicted octanol–water partition coefficient (Wildman–Crippen LogP) is 5.82. The van der Waals surface area contributed by atoms with Crippen LogP contribution in [0.1, 0.15) is 5.56 Å². The second-order valence-electron chi connectivity index (χ2n) is 6.55. The molecule has 1 heterocycles. The van der Waals surface area contributed by atoms with Crippen molar-refractivity contribution in [2.75, 3.05) is 14.2 Å². The van der Waals surface area contributed by atoms with Gasteiger partial charge >= 0.3 is 0 Å². The van der Waals surface area contributed by atoms with Crippen LogP contribution in [0.15, 0.2) is 80.4 Å². The van der Waals surface area contributed by atoms with Crippen molar-refractivity contribution in [3.05, 3.63) is 87.0 Å². The van der Waals surface area contributed by atoms with E-state index in [0.29, 0.717) is 38.3 Å². The van der Waals surface area contributed by atoms with E-state index in [1.807, 2.05) is 42.5 Å². The Hall–Kier alpha value is -3.25. The van der Waals surface area contributed by atoms with E-state index in [2.05, 4.69) is 15.9 Å².